The van der Waals surface area contributed by atoms with Gasteiger partial charge in [-0.1, -0.05) is 58.5 Å². The van der Waals surface area contributed by atoms with Crippen molar-refractivity contribution in [3.63, 3.8) is 0 Å². The van der Waals surface area contributed by atoms with Crippen LogP contribution in [0, 0.1) is 0 Å². The van der Waals surface area contributed by atoms with Crippen LogP contribution in [0.5, 0.6) is 0 Å². The van der Waals surface area contributed by atoms with Gasteiger partial charge in [0.25, 0.3) is 0 Å². The molecule has 21 heavy (non-hydrogen) atoms. The largest absolute Gasteiger partial charge is 0.375 e. The molecule has 0 heterocycles. The summed E-state index contributed by atoms with van der Waals surface area (Å²) in [5.41, 5.74) is 0.953. The quantitative estimate of drug-likeness (QED) is 0.768. The van der Waals surface area contributed by atoms with Crippen LogP contribution in [-0.2, 0) is 4.79 Å². The number of hydrogen-bond donors (Lipinski definition) is 2. The number of nitrogens with one attached hydrogen (secondary N) is 2. The average molecular weight is 364 g/mol. The molecular formula is C14H10Cl4N2O. The van der Waals surface area contributed by atoms with Crippen molar-refractivity contribution < 1.29 is 4.79 Å². The first-order valence-electron chi connectivity index (χ1n) is 5.91. The van der Waals surface area contributed by atoms with E-state index in [2.05, 4.69) is 10.6 Å². The summed E-state index contributed by atoms with van der Waals surface area (Å²) < 4.78 is 0. The molecule has 0 aromatic heterocycles. The van der Waals surface area contributed by atoms with Crippen molar-refractivity contribution in [2.75, 3.05) is 17.2 Å². The van der Waals surface area contributed by atoms with Gasteiger partial charge in [0.2, 0.25) is 5.91 Å². The van der Waals surface area contributed by atoms with Crippen LogP contribution in [-0.4, -0.2) is 12.5 Å². The number of benzene rings is 2. The van der Waals surface area contributed by atoms with Crippen LogP contribution in [0.2, 0.25) is 20.1 Å². The summed E-state index contributed by atoms with van der Waals surface area (Å²) in [5.74, 6) is -0.305. The molecule has 0 atom stereocenters. The zero-order valence-electron chi connectivity index (χ0n) is 10.6. The van der Waals surface area contributed by atoms with Crippen LogP contribution in [0.4, 0.5) is 11.4 Å². The maximum Gasteiger partial charge on any atom is 0.243 e. The maximum atomic E-state index is 11.9. The fraction of sp³-hybridized carbons (Fsp3) is 0.0714. The molecule has 0 aliphatic heterocycles. The van der Waals surface area contributed by atoms with Gasteiger partial charge in [-0.2, -0.15) is 0 Å². The molecule has 0 saturated heterocycles. The number of rotatable bonds is 4. The predicted octanol–water partition coefficient (Wildman–Crippen LogP) is 5.35. The number of para-hydroxylation sites is 1. The van der Waals surface area contributed by atoms with Crippen LogP contribution >= 0.6 is 46.4 Å². The van der Waals surface area contributed by atoms with Gasteiger partial charge in [-0.3, -0.25) is 4.79 Å². The van der Waals surface area contributed by atoms with E-state index in [9.17, 15) is 4.79 Å². The zero-order valence-corrected chi connectivity index (χ0v) is 13.6. The molecule has 0 spiro atoms. The third-order valence-electron chi connectivity index (χ3n) is 2.62. The monoisotopic (exact) mass is 362 g/mol. The summed E-state index contributed by atoms with van der Waals surface area (Å²) in [6.07, 6.45) is 0. The highest BCUT2D eigenvalue weighted by Crippen LogP contribution is 2.31. The molecule has 1 amide bonds. The lowest BCUT2D eigenvalue weighted by Crippen LogP contribution is -2.22. The Morgan fingerprint density at radius 2 is 1.48 bits per heavy atom. The van der Waals surface area contributed by atoms with Crippen molar-refractivity contribution in [3.8, 4) is 0 Å². The minimum Gasteiger partial charge on any atom is -0.375 e. The lowest BCUT2D eigenvalue weighted by Gasteiger charge is -2.11. The summed E-state index contributed by atoms with van der Waals surface area (Å²) in [5, 5.41) is 7.06. The van der Waals surface area contributed by atoms with E-state index in [-0.39, 0.29) is 12.5 Å². The molecule has 0 aliphatic rings. The molecule has 7 heteroatoms. The number of carbonyl (C=O) groups is 1. The number of carbonyl (C=O) groups excluding carboxylic acids is 1. The van der Waals surface area contributed by atoms with E-state index in [1.54, 1.807) is 36.4 Å². The van der Waals surface area contributed by atoms with Crippen LogP contribution in [0.3, 0.4) is 0 Å². The lowest BCUT2D eigenvalue weighted by molar-refractivity contribution is -0.114. The van der Waals surface area contributed by atoms with Crippen molar-refractivity contribution in [2.24, 2.45) is 0 Å². The average Bonchev–Trinajstić information content (AvgIpc) is 2.45. The molecule has 2 rings (SSSR count). The third kappa shape index (κ3) is 4.17. The molecule has 2 N–H and O–H groups in total. The van der Waals surface area contributed by atoms with Gasteiger partial charge in [-0.05, 0) is 24.3 Å². The first-order chi connectivity index (χ1) is 9.99. The molecule has 0 aliphatic carbocycles. The van der Waals surface area contributed by atoms with E-state index in [4.69, 9.17) is 46.4 Å². The SMILES string of the molecule is O=C(CNc1cccc(Cl)c1Cl)Nc1c(Cl)cccc1Cl. The second-order valence-corrected chi connectivity index (χ2v) is 5.70. The lowest BCUT2D eigenvalue weighted by atomic mass is 10.3. The summed E-state index contributed by atoms with van der Waals surface area (Å²) >= 11 is 23.9. The molecule has 0 radical (unpaired) electrons. The summed E-state index contributed by atoms with van der Waals surface area (Å²) in [6.45, 7) is 0.00160. The van der Waals surface area contributed by atoms with E-state index in [1.165, 1.54) is 0 Å². The number of halogens is 4. The standard InChI is InChI=1S/C14H10Cl4N2O/c15-8-3-2-6-11(13(8)18)19-7-12(21)20-14-9(16)4-1-5-10(14)17/h1-6,19H,7H2,(H,20,21). The molecule has 3 nitrogen and oxygen atoms in total. The second-order valence-electron chi connectivity index (χ2n) is 4.10. The van der Waals surface area contributed by atoms with Crippen molar-refractivity contribution in [3.05, 3.63) is 56.5 Å². The van der Waals surface area contributed by atoms with Gasteiger partial charge in [-0.25, -0.2) is 0 Å². The van der Waals surface area contributed by atoms with Gasteiger partial charge in [0.1, 0.15) is 0 Å². The van der Waals surface area contributed by atoms with Gasteiger partial charge in [0.15, 0.2) is 0 Å². The Morgan fingerprint density at radius 3 is 2.14 bits per heavy atom. The first kappa shape index (κ1) is 16.2. The molecule has 0 fully saturated rings. The Kier molecular flexibility index (Phi) is 5.59. The number of amides is 1. The number of hydrogen-bond acceptors (Lipinski definition) is 2. The van der Waals surface area contributed by atoms with E-state index in [0.717, 1.165) is 0 Å². The van der Waals surface area contributed by atoms with Crippen molar-refractivity contribution in [1.82, 2.24) is 0 Å². The van der Waals surface area contributed by atoms with Crippen LogP contribution in [0.25, 0.3) is 0 Å². The molecule has 2 aromatic rings. The molecular weight excluding hydrogens is 354 g/mol. The Bertz CT molecular complexity index is 656. The third-order valence-corrected chi connectivity index (χ3v) is 4.07. The van der Waals surface area contributed by atoms with Crippen molar-refractivity contribution in [2.45, 2.75) is 0 Å². The van der Waals surface area contributed by atoms with Crippen LogP contribution in [0.1, 0.15) is 0 Å². The summed E-state index contributed by atoms with van der Waals surface area (Å²) in [4.78, 5) is 11.9. The maximum absolute atomic E-state index is 11.9. The van der Waals surface area contributed by atoms with Crippen LogP contribution in [0.15, 0.2) is 36.4 Å². The normalized spacial score (nSPS) is 10.3. The highest BCUT2D eigenvalue weighted by Gasteiger charge is 2.10. The smallest absolute Gasteiger partial charge is 0.243 e. The Morgan fingerprint density at radius 1 is 0.905 bits per heavy atom. The van der Waals surface area contributed by atoms with E-state index in [1.807, 2.05) is 0 Å². The minimum absolute atomic E-state index is 0.00160. The van der Waals surface area contributed by atoms with Gasteiger partial charge < -0.3 is 10.6 Å². The molecule has 2 aromatic carbocycles. The summed E-state index contributed by atoms with van der Waals surface area (Å²) in [7, 11) is 0. The molecule has 0 unspecified atom stereocenters. The van der Waals surface area contributed by atoms with Gasteiger partial charge in [0, 0.05) is 0 Å². The minimum atomic E-state index is -0.305. The van der Waals surface area contributed by atoms with Gasteiger partial charge in [0.05, 0.1) is 38.0 Å². The van der Waals surface area contributed by atoms with Gasteiger partial charge >= 0.3 is 0 Å². The first-order valence-corrected chi connectivity index (χ1v) is 7.42. The van der Waals surface area contributed by atoms with E-state index in [0.29, 0.717) is 31.5 Å². The fourth-order valence-corrected chi connectivity index (χ4v) is 2.48. The predicted molar refractivity (Wildman–Crippen MR) is 90.0 cm³/mol. The highest BCUT2D eigenvalue weighted by molar-refractivity contribution is 6.43. The second kappa shape index (κ2) is 7.23. The number of anilines is 2. The summed E-state index contributed by atoms with van der Waals surface area (Å²) in [6, 6.07) is 10.1. The molecule has 0 saturated carbocycles. The van der Waals surface area contributed by atoms with Crippen LogP contribution < -0.4 is 10.6 Å². The van der Waals surface area contributed by atoms with Crippen molar-refractivity contribution >= 4 is 63.7 Å². The molecule has 110 valence electrons. The van der Waals surface area contributed by atoms with Gasteiger partial charge in [-0.15, -0.1) is 0 Å². The Balaban J connectivity index is 2.01. The van der Waals surface area contributed by atoms with Crippen molar-refractivity contribution in [1.29, 1.82) is 0 Å². The topological polar surface area (TPSA) is 41.1 Å². The fourth-order valence-electron chi connectivity index (χ4n) is 1.62. The highest BCUT2D eigenvalue weighted by atomic mass is 35.5. The Labute approximate surface area is 142 Å². The van der Waals surface area contributed by atoms with E-state index >= 15 is 0 Å². The molecule has 0 bridgehead atoms. The zero-order chi connectivity index (χ0) is 15.4. The Hall–Kier alpha value is -1.13. The van der Waals surface area contributed by atoms with E-state index < -0.39 is 0 Å².